The summed E-state index contributed by atoms with van der Waals surface area (Å²) in [5.74, 6) is 0.401. The van der Waals surface area contributed by atoms with E-state index in [2.05, 4.69) is 37.3 Å². The van der Waals surface area contributed by atoms with Gasteiger partial charge in [0.25, 0.3) is 0 Å². The van der Waals surface area contributed by atoms with Crippen molar-refractivity contribution in [1.82, 2.24) is 9.97 Å². The molecule has 3 N–H and O–H groups in total. The highest BCUT2D eigenvalue weighted by Crippen LogP contribution is 2.22. The fraction of sp³-hybridized carbons (Fsp3) is 0. The maximum atomic E-state index is 8.99. The number of anilines is 3. The van der Waals surface area contributed by atoms with Crippen LogP contribution in [0.4, 0.5) is 17.3 Å². The number of nitrogens with one attached hydrogen (secondary N) is 1. The monoisotopic (exact) mass is 289 g/mol. The van der Waals surface area contributed by atoms with Crippen LogP contribution in [-0.4, -0.2) is 9.97 Å². The highest BCUT2D eigenvalue weighted by atomic mass is 79.9. The lowest BCUT2D eigenvalue weighted by Crippen LogP contribution is -1.99. The molecule has 1 heterocycles. The van der Waals surface area contributed by atoms with Gasteiger partial charge in [0.15, 0.2) is 0 Å². The Labute approximate surface area is 106 Å². The second-order valence-corrected chi connectivity index (χ2v) is 4.18. The molecule has 6 heteroatoms. The van der Waals surface area contributed by atoms with Gasteiger partial charge >= 0.3 is 0 Å². The van der Waals surface area contributed by atoms with Crippen LogP contribution >= 0.6 is 15.9 Å². The molecule has 0 saturated heterocycles. The van der Waals surface area contributed by atoms with Crippen LogP contribution in [0.5, 0.6) is 0 Å². The predicted octanol–water partition coefficient (Wildman–Crippen LogP) is 2.44. The lowest BCUT2D eigenvalue weighted by atomic mass is 10.2. The Bertz CT molecular complexity index is 573. The van der Waals surface area contributed by atoms with Gasteiger partial charge < -0.3 is 11.1 Å². The average molecular weight is 290 g/mol. The molecule has 0 atom stereocenters. The van der Waals surface area contributed by atoms with E-state index >= 15 is 0 Å². The quantitative estimate of drug-likeness (QED) is 0.887. The summed E-state index contributed by atoms with van der Waals surface area (Å²) in [5.41, 5.74) is 7.14. The zero-order chi connectivity index (χ0) is 12.3. The van der Waals surface area contributed by atoms with Gasteiger partial charge in [0.1, 0.15) is 6.07 Å². The van der Waals surface area contributed by atoms with Crippen LogP contribution in [0.15, 0.2) is 35.1 Å². The molecule has 0 bridgehead atoms. The molecule has 0 aliphatic heterocycles. The van der Waals surface area contributed by atoms with Crippen molar-refractivity contribution < 1.29 is 0 Å². The van der Waals surface area contributed by atoms with Gasteiger partial charge in [-0.15, -0.1) is 0 Å². The van der Waals surface area contributed by atoms with Crippen molar-refractivity contribution in [1.29, 1.82) is 5.26 Å². The molecule has 0 fully saturated rings. The van der Waals surface area contributed by atoms with Gasteiger partial charge in [0, 0.05) is 4.47 Å². The van der Waals surface area contributed by atoms with E-state index in [0.717, 1.165) is 4.47 Å². The summed E-state index contributed by atoms with van der Waals surface area (Å²) in [6, 6.07) is 7.43. The molecule has 84 valence electrons. The first kappa shape index (κ1) is 11.4. The lowest BCUT2D eigenvalue weighted by Gasteiger charge is -2.06. The Morgan fingerprint density at radius 1 is 1.29 bits per heavy atom. The molecule has 0 unspecified atom stereocenters. The normalized spacial score (nSPS) is 9.65. The van der Waals surface area contributed by atoms with Gasteiger partial charge in [0.2, 0.25) is 5.95 Å². The van der Waals surface area contributed by atoms with Gasteiger partial charge in [-0.3, -0.25) is 0 Å². The number of nitrogen functional groups attached to an aromatic ring is 1. The molecule has 0 radical (unpaired) electrons. The maximum Gasteiger partial charge on any atom is 0.227 e. The number of nitrogens with two attached hydrogens (primary N) is 1. The summed E-state index contributed by atoms with van der Waals surface area (Å²) in [6.07, 6.45) is 3.00. The highest BCUT2D eigenvalue weighted by Gasteiger charge is 2.04. The van der Waals surface area contributed by atoms with Crippen molar-refractivity contribution in [3.63, 3.8) is 0 Å². The minimum absolute atomic E-state index is 0.401. The summed E-state index contributed by atoms with van der Waals surface area (Å²) >= 11 is 3.31. The average Bonchev–Trinajstić information content (AvgIpc) is 2.34. The molecule has 2 rings (SSSR count). The largest absolute Gasteiger partial charge is 0.396 e. The zero-order valence-electron chi connectivity index (χ0n) is 8.68. The first-order valence-electron chi connectivity index (χ1n) is 4.73. The zero-order valence-corrected chi connectivity index (χ0v) is 10.3. The summed E-state index contributed by atoms with van der Waals surface area (Å²) < 4.78 is 0.845. The van der Waals surface area contributed by atoms with E-state index in [1.54, 1.807) is 12.1 Å². The van der Waals surface area contributed by atoms with Crippen molar-refractivity contribution in [3.8, 4) is 6.07 Å². The van der Waals surface area contributed by atoms with Crippen LogP contribution in [0.25, 0.3) is 0 Å². The van der Waals surface area contributed by atoms with Gasteiger partial charge in [-0.1, -0.05) is 15.9 Å². The number of benzene rings is 1. The molecule has 0 aliphatic carbocycles. The molecule has 0 aliphatic rings. The van der Waals surface area contributed by atoms with Crippen molar-refractivity contribution in [3.05, 3.63) is 40.6 Å². The minimum atomic E-state index is 0.401. The van der Waals surface area contributed by atoms with Crippen molar-refractivity contribution >= 4 is 33.3 Å². The number of hydrogen-bond acceptors (Lipinski definition) is 5. The van der Waals surface area contributed by atoms with Crippen LogP contribution in [-0.2, 0) is 0 Å². The molecule has 17 heavy (non-hydrogen) atoms. The fourth-order valence-electron chi connectivity index (χ4n) is 1.24. The van der Waals surface area contributed by atoms with E-state index in [1.165, 1.54) is 12.4 Å². The molecule has 0 spiro atoms. The van der Waals surface area contributed by atoms with E-state index in [-0.39, 0.29) is 0 Å². The third-order valence-electron chi connectivity index (χ3n) is 2.02. The molecule has 0 amide bonds. The Hall–Kier alpha value is -2.13. The molecular formula is C11H8BrN5. The van der Waals surface area contributed by atoms with Gasteiger partial charge in [0.05, 0.1) is 29.3 Å². The summed E-state index contributed by atoms with van der Waals surface area (Å²) in [7, 11) is 0. The van der Waals surface area contributed by atoms with Gasteiger partial charge in [-0.25, -0.2) is 9.97 Å². The van der Waals surface area contributed by atoms with Crippen molar-refractivity contribution in [2.45, 2.75) is 0 Å². The summed E-state index contributed by atoms with van der Waals surface area (Å²) in [5, 5.41) is 12.0. The second kappa shape index (κ2) is 4.80. The Kier molecular flexibility index (Phi) is 3.21. The van der Waals surface area contributed by atoms with Crippen molar-refractivity contribution in [2.75, 3.05) is 11.1 Å². The number of nitrogens with zero attached hydrogens (tertiary/aromatic N) is 3. The Morgan fingerprint density at radius 2 is 2.00 bits per heavy atom. The first-order valence-corrected chi connectivity index (χ1v) is 5.52. The van der Waals surface area contributed by atoms with Gasteiger partial charge in [-0.05, 0) is 18.2 Å². The molecule has 1 aromatic heterocycles. The number of nitriles is 1. The van der Waals surface area contributed by atoms with E-state index < -0.39 is 0 Å². The SMILES string of the molecule is N#Cc1cc(Br)ccc1Nc1ncc(N)cn1. The maximum absolute atomic E-state index is 8.99. The van der Waals surface area contributed by atoms with Crippen LogP contribution in [0.2, 0.25) is 0 Å². The summed E-state index contributed by atoms with van der Waals surface area (Å²) in [6.45, 7) is 0. The van der Waals surface area contributed by atoms with Crippen LogP contribution in [0.3, 0.4) is 0 Å². The Balaban J connectivity index is 2.30. The lowest BCUT2D eigenvalue weighted by molar-refractivity contribution is 1.17. The van der Waals surface area contributed by atoms with E-state index in [1.807, 2.05) is 6.07 Å². The van der Waals surface area contributed by atoms with E-state index in [9.17, 15) is 0 Å². The number of aromatic nitrogens is 2. The topological polar surface area (TPSA) is 87.6 Å². The molecule has 5 nitrogen and oxygen atoms in total. The number of hydrogen-bond donors (Lipinski definition) is 2. The molecular weight excluding hydrogens is 282 g/mol. The van der Waals surface area contributed by atoms with E-state index in [4.69, 9.17) is 11.0 Å². The third-order valence-corrected chi connectivity index (χ3v) is 2.51. The molecule has 2 aromatic rings. The number of rotatable bonds is 2. The molecule has 0 saturated carbocycles. The summed E-state index contributed by atoms with van der Waals surface area (Å²) in [4.78, 5) is 8.01. The standard InChI is InChI=1S/C11H8BrN5/c12-8-1-2-10(7(3-8)4-13)17-11-15-5-9(14)6-16-11/h1-3,5-6H,14H2,(H,15,16,17). The smallest absolute Gasteiger partial charge is 0.227 e. The molecule has 1 aromatic carbocycles. The van der Waals surface area contributed by atoms with Crippen LogP contribution < -0.4 is 11.1 Å². The van der Waals surface area contributed by atoms with Crippen LogP contribution in [0.1, 0.15) is 5.56 Å². The number of halogens is 1. The van der Waals surface area contributed by atoms with E-state index in [0.29, 0.717) is 22.9 Å². The van der Waals surface area contributed by atoms with Gasteiger partial charge in [-0.2, -0.15) is 5.26 Å². The predicted molar refractivity (Wildman–Crippen MR) is 68.6 cm³/mol. The second-order valence-electron chi connectivity index (χ2n) is 3.27. The first-order chi connectivity index (χ1) is 8.19. The van der Waals surface area contributed by atoms with Crippen molar-refractivity contribution in [2.24, 2.45) is 0 Å². The minimum Gasteiger partial charge on any atom is -0.396 e. The highest BCUT2D eigenvalue weighted by molar-refractivity contribution is 9.10. The van der Waals surface area contributed by atoms with Crippen LogP contribution in [0, 0.1) is 11.3 Å². The fourth-order valence-corrected chi connectivity index (χ4v) is 1.60. The third kappa shape index (κ3) is 2.71. The Morgan fingerprint density at radius 3 is 2.65 bits per heavy atom.